The fourth-order valence-corrected chi connectivity index (χ4v) is 4.40. The highest BCUT2D eigenvalue weighted by Gasteiger charge is 2.12. The number of allylic oxidation sites excluding steroid dienone is 2. The Bertz CT molecular complexity index is 1610. The highest BCUT2D eigenvalue weighted by Crippen LogP contribution is 2.23. The second-order valence-electron chi connectivity index (χ2n) is 10.6. The van der Waals surface area contributed by atoms with E-state index in [0.29, 0.717) is 30.1 Å². The Morgan fingerprint density at radius 2 is 1.63 bits per heavy atom. The van der Waals surface area contributed by atoms with Gasteiger partial charge in [-0.2, -0.15) is 0 Å². The van der Waals surface area contributed by atoms with Crippen LogP contribution in [0.15, 0.2) is 88.9 Å². The first-order valence-corrected chi connectivity index (χ1v) is 14.4. The molecule has 0 aromatic heterocycles. The molecule has 0 saturated carbocycles. The lowest BCUT2D eigenvalue weighted by molar-refractivity contribution is -0.128. The minimum Gasteiger partial charge on any atom is -0.349 e. The normalized spacial score (nSPS) is 11.8. The zero-order valence-electron chi connectivity index (χ0n) is 25.9. The molecule has 3 aromatic rings. The lowest BCUT2D eigenvalue weighted by Gasteiger charge is -2.14. The van der Waals surface area contributed by atoms with Crippen LogP contribution in [0, 0.1) is 6.92 Å². The molecule has 3 aromatic carbocycles. The van der Waals surface area contributed by atoms with Crippen molar-refractivity contribution in [2.24, 2.45) is 9.98 Å². The highest BCUT2D eigenvalue weighted by molar-refractivity contribution is 6.11. The van der Waals surface area contributed by atoms with E-state index in [1.807, 2.05) is 73.7 Å². The first-order valence-electron chi connectivity index (χ1n) is 14.4. The molecule has 0 aliphatic rings. The van der Waals surface area contributed by atoms with Gasteiger partial charge in [0.1, 0.15) is 11.5 Å². The van der Waals surface area contributed by atoms with Gasteiger partial charge < -0.3 is 10.2 Å². The summed E-state index contributed by atoms with van der Waals surface area (Å²) in [6.07, 6.45) is 5.48. The summed E-state index contributed by atoms with van der Waals surface area (Å²) in [6.45, 7) is 5.55. The molecular weight excluding hydrogens is 536 g/mol. The van der Waals surface area contributed by atoms with E-state index in [0.717, 1.165) is 45.5 Å². The molecule has 0 unspecified atom stereocenters. The maximum absolute atomic E-state index is 12.4. The summed E-state index contributed by atoms with van der Waals surface area (Å²) >= 11 is 0. The Kier molecular flexibility index (Phi) is 12.1. The number of carbonyl (C=O) groups excluding carboxylic acids is 3. The van der Waals surface area contributed by atoms with E-state index in [4.69, 9.17) is 4.99 Å². The SMILES string of the molecule is CCc1cccc(C(=C=O)N/C(CCc2cccc(C(/C=C\C(C)=O)=N/C)c2)=N/c2cc(CC(=O)N(C)C)ccc2C)c1. The van der Waals surface area contributed by atoms with Crippen LogP contribution < -0.4 is 5.32 Å². The monoisotopic (exact) mass is 576 g/mol. The number of hydrogen-bond donors (Lipinski definition) is 1. The number of hydrogen-bond acceptors (Lipinski definition) is 5. The van der Waals surface area contributed by atoms with Gasteiger partial charge in [-0.05, 0) is 84.9 Å². The van der Waals surface area contributed by atoms with Crippen molar-refractivity contribution >= 4 is 40.6 Å². The molecule has 0 atom stereocenters. The van der Waals surface area contributed by atoms with Crippen molar-refractivity contribution in [2.45, 2.75) is 46.5 Å². The first kappa shape index (κ1) is 32.6. The summed E-state index contributed by atoms with van der Waals surface area (Å²) in [6, 6.07) is 21.6. The number of rotatable bonds is 12. The molecular formula is C36H40N4O3. The predicted molar refractivity (Wildman–Crippen MR) is 176 cm³/mol. The summed E-state index contributed by atoms with van der Waals surface area (Å²) in [4.78, 5) is 46.9. The molecule has 0 spiro atoms. The number of amides is 1. The lowest BCUT2D eigenvalue weighted by atomic mass is 10.0. The number of nitrogens with zero attached hydrogens (tertiary/aromatic N) is 3. The van der Waals surface area contributed by atoms with Crippen LogP contribution in [-0.4, -0.2) is 55.2 Å². The van der Waals surface area contributed by atoms with E-state index in [1.165, 1.54) is 13.0 Å². The molecule has 0 radical (unpaired) electrons. The maximum atomic E-state index is 12.4. The van der Waals surface area contributed by atoms with Crippen molar-refractivity contribution in [2.75, 3.05) is 21.1 Å². The van der Waals surface area contributed by atoms with Crippen molar-refractivity contribution in [1.29, 1.82) is 0 Å². The van der Waals surface area contributed by atoms with E-state index in [9.17, 15) is 14.4 Å². The molecule has 0 aliphatic heterocycles. The summed E-state index contributed by atoms with van der Waals surface area (Å²) in [5.41, 5.74) is 7.38. The minimum absolute atomic E-state index is 0.00660. The Labute approximate surface area is 254 Å². The maximum Gasteiger partial charge on any atom is 0.226 e. The largest absolute Gasteiger partial charge is 0.349 e. The second kappa shape index (κ2) is 15.9. The Morgan fingerprint density at radius 3 is 2.28 bits per heavy atom. The van der Waals surface area contributed by atoms with E-state index in [1.54, 1.807) is 32.1 Å². The van der Waals surface area contributed by atoms with E-state index >= 15 is 0 Å². The van der Waals surface area contributed by atoms with Crippen molar-refractivity contribution in [3.63, 3.8) is 0 Å². The summed E-state index contributed by atoms with van der Waals surface area (Å²) < 4.78 is 0. The van der Waals surface area contributed by atoms with Crippen LogP contribution >= 0.6 is 0 Å². The highest BCUT2D eigenvalue weighted by atomic mass is 16.2. The number of likely N-dealkylation sites (N-methyl/N-ethyl adjacent to an activating group) is 1. The molecule has 0 fully saturated rings. The third-order valence-electron chi connectivity index (χ3n) is 6.97. The number of ketones is 1. The summed E-state index contributed by atoms with van der Waals surface area (Å²) in [5, 5.41) is 3.27. The van der Waals surface area contributed by atoms with Crippen molar-refractivity contribution in [3.05, 3.63) is 112 Å². The van der Waals surface area contributed by atoms with Crippen LogP contribution in [0.1, 0.15) is 53.6 Å². The summed E-state index contributed by atoms with van der Waals surface area (Å²) in [7, 11) is 5.18. The summed E-state index contributed by atoms with van der Waals surface area (Å²) in [5.74, 6) is 2.64. The van der Waals surface area contributed by atoms with Gasteiger partial charge in [0.25, 0.3) is 0 Å². The van der Waals surface area contributed by atoms with Crippen molar-refractivity contribution in [1.82, 2.24) is 10.2 Å². The number of benzene rings is 3. The number of carbonyl (C=O) groups is 2. The van der Waals surface area contributed by atoms with Crippen LogP contribution in [0.25, 0.3) is 5.70 Å². The molecule has 7 nitrogen and oxygen atoms in total. The lowest BCUT2D eigenvalue weighted by Crippen LogP contribution is -2.24. The van der Waals surface area contributed by atoms with Crippen molar-refractivity contribution in [3.8, 4) is 0 Å². The fraction of sp³-hybridized carbons (Fsp3) is 0.278. The zero-order valence-corrected chi connectivity index (χ0v) is 25.9. The number of amidine groups is 1. The zero-order chi connectivity index (χ0) is 31.4. The van der Waals surface area contributed by atoms with Gasteiger partial charge in [0, 0.05) is 33.1 Å². The van der Waals surface area contributed by atoms with Crippen LogP contribution in [0.3, 0.4) is 0 Å². The van der Waals surface area contributed by atoms with Crippen LogP contribution in [-0.2, 0) is 33.6 Å². The molecule has 43 heavy (non-hydrogen) atoms. The van der Waals surface area contributed by atoms with Gasteiger partial charge in [0.15, 0.2) is 11.7 Å². The van der Waals surface area contributed by atoms with Gasteiger partial charge in [-0.1, -0.05) is 55.5 Å². The average molecular weight is 577 g/mol. The van der Waals surface area contributed by atoms with Gasteiger partial charge in [0.05, 0.1) is 17.8 Å². The molecule has 0 aliphatic carbocycles. The van der Waals surface area contributed by atoms with E-state index < -0.39 is 0 Å². The van der Waals surface area contributed by atoms with Gasteiger partial charge >= 0.3 is 0 Å². The smallest absolute Gasteiger partial charge is 0.226 e. The van der Waals surface area contributed by atoms with Crippen molar-refractivity contribution < 1.29 is 14.4 Å². The number of aryl methyl sites for hydroxylation is 3. The molecule has 0 heterocycles. The van der Waals surface area contributed by atoms with Crippen LogP contribution in [0.2, 0.25) is 0 Å². The predicted octanol–water partition coefficient (Wildman–Crippen LogP) is 5.88. The van der Waals surface area contributed by atoms with Gasteiger partial charge in [-0.3, -0.25) is 14.6 Å². The first-order chi connectivity index (χ1) is 20.6. The molecule has 3 rings (SSSR count). The standard InChI is InChI=1S/C36H40N4O3/c1-7-27-10-8-13-31(20-27)34(24-41)39-35(38-33-22-29(16-14-25(33)2)23-36(43)40(5)6)19-17-28-11-9-12-30(21-28)32(37-4)18-15-26(3)42/h8-16,18,20-22H,7,17,19,23H2,1-6H3,(H,38,39)/b18-15-,37-32+. The molecule has 1 amide bonds. The van der Waals surface area contributed by atoms with E-state index in [-0.39, 0.29) is 18.1 Å². The van der Waals surface area contributed by atoms with Gasteiger partial charge in [-0.15, -0.1) is 0 Å². The molecule has 0 saturated heterocycles. The van der Waals surface area contributed by atoms with Gasteiger partial charge in [-0.25, -0.2) is 9.79 Å². The topological polar surface area (TPSA) is 91.2 Å². The third kappa shape index (κ3) is 9.87. The Hall–Kier alpha value is -4.87. The van der Waals surface area contributed by atoms with Crippen LogP contribution in [0.4, 0.5) is 5.69 Å². The number of nitrogens with one attached hydrogen (secondary N) is 1. The second-order valence-corrected chi connectivity index (χ2v) is 10.6. The fourth-order valence-electron chi connectivity index (χ4n) is 4.40. The van der Waals surface area contributed by atoms with Gasteiger partial charge in [0.2, 0.25) is 5.91 Å². The van der Waals surface area contributed by atoms with E-state index in [2.05, 4.69) is 23.2 Å². The quantitative estimate of drug-likeness (QED) is 0.126. The Balaban J connectivity index is 1.98. The number of aliphatic imine (C=N–C) groups is 2. The molecule has 222 valence electrons. The Morgan fingerprint density at radius 1 is 0.930 bits per heavy atom. The third-order valence-corrected chi connectivity index (χ3v) is 6.97. The molecule has 1 N–H and O–H groups in total. The van der Waals surface area contributed by atoms with Crippen LogP contribution in [0.5, 0.6) is 0 Å². The minimum atomic E-state index is -0.0433. The average Bonchev–Trinajstić information content (AvgIpc) is 3.00. The molecule has 0 bridgehead atoms. The molecule has 7 heteroatoms.